The molecule has 3 aromatic rings. The number of benzene rings is 2. The van der Waals surface area contributed by atoms with Gasteiger partial charge in [-0.1, -0.05) is 60.7 Å². The summed E-state index contributed by atoms with van der Waals surface area (Å²) in [6.07, 6.45) is 0. The molecule has 1 aromatic heterocycles. The van der Waals surface area contributed by atoms with Gasteiger partial charge in [-0.3, -0.25) is 14.5 Å². The quantitative estimate of drug-likeness (QED) is 0.560. The minimum atomic E-state index is -0.305. The normalized spacial score (nSPS) is 14.7. The number of carbonyl (C=O) groups is 2. The highest BCUT2D eigenvalue weighted by Gasteiger charge is 2.30. The minimum Gasteiger partial charge on any atom is -0.351 e. The van der Waals surface area contributed by atoms with Gasteiger partial charge in [0.25, 0.3) is 0 Å². The van der Waals surface area contributed by atoms with Crippen molar-refractivity contribution in [1.82, 2.24) is 14.4 Å². The highest BCUT2D eigenvalue weighted by Crippen LogP contribution is 2.27. The van der Waals surface area contributed by atoms with Crippen LogP contribution in [0.1, 0.15) is 38.8 Å². The number of nitrogens with zero attached hydrogens (tertiary/aromatic N) is 3. The van der Waals surface area contributed by atoms with E-state index in [2.05, 4.69) is 9.47 Å². The van der Waals surface area contributed by atoms with Gasteiger partial charge in [-0.25, -0.2) is 0 Å². The number of ketones is 1. The van der Waals surface area contributed by atoms with Crippen molar-refractivity contribution in [1.29, 1.82) is 0 Å². The fourth-order valence-corrected chi connectivity index (χ4v) is 4.50. The minimum absolute atomic E-state index is 0.128. The Morgan fingerprint density at radius 2 is 1.38 bits per heavy atom. The average Bonchev–Trinajstić information content (AvgIpc) is 3.08. The molecule has 2 aromatic carbocycles. The maximum Gasteiger partial charge on any atom is 0.234 e. The molecule has 5 nitrogen and oxygen atoms in total. The molecule has 1 aliphatic rings. The number of aryl methyl sites for hydroxylation is 1. The van der Waals surface area contributed by atoms with Gasteiger partial charge in [0.2, 0.25) is 5.91 Å². The van der Waals surface area contributed by atoms with Crippen LogP contribution in [0.5, 0.6) is 0 Å². The second kappa shape index (κ2) is 9.53. The number of carbonyl (C=O) groups excluding carboxylic acids is 2. The third kappa shape index (κ3) is 4.53. The van der Waals surface area contributed by atoms with Crippen molar-refractivity contribution in [2.75, 3.05) is 32.7 Å². The summed E-state index contributed by atoms with van der Waals surface area (Å²) in [5, 5.41) is 0. The predicted molar refractivity (Wildman–Crippen MR) is 127 cm³/mol. The van der Waals surface area contributed by atoms with Crippen LogP contribution in [0.4, 0.5) is 0 Å². The van der Waals surface area contributed by atoms with Crippen molar-refractivity contribution in [3.63, 3.8) is 0 Å². The lowest BCUT2D eigenvalue weighted by Gasteiger charge is -2.36. The lowest BCUT2D eigenvalue weighted by atomic mass is 9.90. The summed E-state index contributed by atoms with van der Waals surface area (Å²) >= 11 is 0. The summed E-state index contributed by atoms with van der Waals surface area (Å²) in [6, 6.07) is 21.9. The lowest BCUT2D eigenvalue weighted by Crippen LogP contribution is -2.51. The third-order valence-corrected chi connectivity index (χ3v) is 6.64. The number of Topliss-reactive ketones (excluding diaryl/α,β-unsaturated/α-hetero) is 1. The van der Waals surface area contributed by atoms with Crippen LogP contribution in [0.25, 0.3) is 0 Å². The van der Waals surface area contributed by atoms with E-state index in [0.29, 0.717) is 32.7 Å². The second-order valence-electron chi connectivity index (χ2n) is 8.62. The molecule has 1 saturated heterocycles. The molecule has 0 aliphatic carbocycles. The first-order valence-corrected chi connectivity index (χ1v) is 11.2. The van der Waals surface area contributed by atoms with Crippen LogP contribution < -0.4 is 0 Å². The average molecular weight is 430 g/mol. The van der Waals surface area contributed by atoms with E-state index >= 15 is 0 Å². The van der Waals surface area contributed by atoms with Gasteiger partial charge in [0, 0.05) is 50.2 Å². The van der Waals surface area contributed by atoms with E-state index in [1.165, 1.54) is 0 Å². The van der Waals surface area contributed by atoms with Crippen LogP contribution >= 0.6 is 0 Å². The number of hydrogen-bond acceptors (Lipinski definition) is 3. The van der Waals surface area contributed by atoms with Gasteiger partial charge in [0.15, 0.2) is 5.78 Å². The van der Waals surface area contributed by atoms with E-state index in [0.717, 1.165) is 28.1 Å². The number of piperazine rings is 1. The van der Waals surface area contributed by atoms with Crippen molar-refractivity contribution in [3.8, 4) is 0 Å². The molecule has 0 unspecified atom stereocenters. The van der Waals surface area contributed by atoms with Gasteiger partial charge in [-0.2, -0.15) is 0 Å². The van der Waals surface area contributed by atoms with Gasteiger partial charge in [0.05, 0.1) is 12.5 Å². The number of rotatable bonds is 6. The van der Waals surface area contributed by atoms with Gasteiger partial charge >= 0.3 is 0 Å². The summed E-state index contributed by atoms with van der Waals surface area (Å²) < 4.78 is 2.05. The van der Waals surface area contributed by atoms with Gasteiger partial charge < -0.3 is 9.47 Å². The SMILES string of the molecule is Cc1cc(C(=O)CN2CCN(C(=O)C(c3ccccc3)c3ccccc3)CC2)c(C)n1C. The smallest absolute Gasteiger partial charge is 0.234 e. The van der Waals surface area contributed by atoms with E-state index in [9.17, 15) is 9.59 Å². The Balaban J connectivity index is 1.43. The Morgan fingerprint density at radius 3 is 1.84 bits per heavy atom. The van der Waals surface area contributed by atoms with E-state index in [1.54, 1.807) is 0 Å². The molecule has 0 atom stereocenters. The highest BCUT2D eigenvalue weighted by atomic mass is 16.2. The fraction of sp³-hybridized carbons (Fsp3) is 0.333. The summed E-state index contributed by atoms with van der Waals surface area (Å²) in [5.41, 5.74) is 4.92. The molecule has 0 saturated carbocycles. The first-order chi connectivity index (χ1) is 15.5. The van der Waals surface area contributed by atoms with Crippen molar-refractivity contribution < 1.29 is 9.59 Å². The summed E-state index contributed by atoms with van der Waals surface area (Å²) in [7, 11) is 1.99. The molecule has 1 aliphatic heterocycles. The second-order valence-corrected chi connectivity index (χ2v) is 8.62. The van der Waals surface area contributed by atoms with Crippen LogP contribution in [0.2, 0.25) is 0 Å². The van der Waals surface area contributed by atoms with E-state index in [4.69, 9.17) is 0 Å². The summed E-state index contributed by atoms with van der Waals surface area (Å²) in [6.45, 7) is 7.09. The molecule has 0 bridgehead atoms. The molecule has 32 heavy (non-hydrogen) atoms. The topological polar surface area (TPSA) is 45.6 Å². The van der Waals surface area contributed by atoms with Gasteiger partial charge in [0.1, 0.15) is 0 Å². The molecule has 0 spiro atoms. The highest BCUT2D eigenvalue weighted by molar-refractivity contribution is 5.99. The largest absolute Gasteiger partial charge is 0.351 e. The molecular weight excluding hydrogens is 398 g/mol. The Morgan fingerprint density at radius 1 is 0.844 bits per heavy atom. The van der Waals surface area contributed by atoms with Gasteiger partial charge in [-0.05, 0) is 31.0 Å². The Labute approximate surface area is 190 Å². The summed E-state index contributed by atoms with van der Waals surface area (Å²) in [4.78, 5) is 30.5. The molecule has 1 fully saturated rings. The first kappa shape index (κ1) is 22.0. The number of hydrogen-bond donors (Lipinski definition) is 0. The zero-order chi connectivity index (χ0) is 22.7. The first-order valence-electron chi connectivity index (χ1n) is 11.2. The Bertz CT molecular complexity index is 1040. The zero-order valence-electron chi connectivity index (χ0n) is 19.1. The molecular formula is C27H31N3O2. The van der Waals surface area contributed by atoms with E-state index in [-0.39, 0.29) is 17.6 Å². The standard InChI is InChI=1S/C27H31N3O2/c1-20-18-24(21(2)28(20)3)25(31)19-29-14-16-30(17-15-29)27(32)26(22-10-6-4-7-11-22)23-12-8-5-9-13-23/h4-13,18,26H,14-17,19H2,1-3H3. The lowest BCUT2D eigenvalue weighted by molar-refractivity contribution is -0.133. The zero-order valence-corrected chi connectivity index (χ0v) is 19.1. The van der Waals surface area contributed by atoms with Crippen LogP contribution in [-0.2, 0) is 11.8 Å². The molecule has 4 rings (SSSR count). The Hall–Kier alpha value is -3.18. The van der Waals surface area contributed by atoms with Crippen molar-refractivity contribution >= 4 is 11.7 Å². The van der Waals surface area contributed by atoms with Crippen LogP contribution in [0.15, 0.2) is 66.7 Å². The predicted octanol–water partition coefficient (Wildman–Crippen LogP) is 3.80. The molecule has 0 N–H and O–H groups in total. The third-order valence-electron chi connectivity index (χ3n) is 6.64. The maximum atomic E-state index is 13.6. The molecule has 2 heterocycles. The monoisotopic (exact) mass is 429 g/mol. The van der Waals surface area contributed by atoms with Crippen molar-refractivity contribution in [2.45, 2.75) is 19.8 Å². The van der Waals surface area contributed by atoms with Crippen LogP contribution in [0.3, 0.4) is 0 Å². The maximum absolute atomic E-state index is 13.6. The Kier molecular flexibility index (Phi) is 6.56. The number of aromatic nitrogens is 1. The fourth-order valence-electron chi connectivity index (χ4n) is 4.50. The van der Waals surface area contributed by atoms with Crippen LogP contribution in [0, 0.1) is 13.8 Å². The van der Waals surface area contributed by atoms with Gasteiger partial charge in [-0.15, -0.1) is 0 Å². The summed E-state index contributed by atoms with van der Waals surface area (Å²) in [5.74, 6) is -0.0270. The van der Waals surface area contributed by atoms with Crippen molar-refractivity contribution in [2.24, 2.45) is 7.05 Å². The molecule has 1 amide bonds. The van der Waals surface area contributed by atoms with Crippen molar-refractivity contribution in [3.05, 3.63) is 94.8 Å². The molecule has 0 radical (unpaired) electrons. The van der Waals surface area contributed by atoms with E-state index < -0.39 is 0 Å². The van der Waals surface area contributed by atoms with Crippen LogP contribution in [-0.4, -0.2) is 58.8 Å². The molecule has 5 heteroatoms. The van der Waals surface area contributed by atoms with E-state index in [1.807, 2.05) is 92.5 Å². The molecule has 166 valence electrons. The number of amides is 1.